The van der Waals surface area contributed by atoms with Crippen LogP contribution >= 0.6 is 11.3 Å². The van der Waals surface area contributed by atoms with E-state index in [-0.39, 0.29) is 5.91 Å². The van der Waals surface area contributed by atoms with Crippen LogP contribution in [0.1, 0.15) is 5.56 Å². The van der Waals surface area contributed by atoms with Crippen molar-refractivity contribution in [2.45, 2.75) is 0 Å². The first-order chi connectivity index (χ1) is 14.3. The molecule has 6 heteroatoms. The van der Waals surface area contributed by atoms with E-state index in [1.165, 1.54) is 10.6 Å². The second kappa shape index (κ2) is 7.73. The van der Waals surface area contributed by atoms with Crippen molar-refractivity contribution >= 4 is 39.9 Å². The maximum Gasteiger partial charge on any atom is 0.257 e. The average Bonchev–Trinajstić information content (AvgIpc) is 3.40. The highest BCUT2D eigenvalue weighted by molar-refractivity contribution is 7.13. The van der Waals surface area contributed by atoms with Crippen LogP contribution in [0.4, 0.5) is 17.1 Å². The number of anilines is 3. The molecule has 5 nitrogen and oxygen atoms in total. The Morgan fingerprint density at radius 1 is 1.07 bits per heavy atom. The fraction of sp³-hybridized carbons (Fsp3) is 0.174. The first-order valence-corrected chi connectivity index (χ1v) is 10.5. The van der Waals surface area contributed by atoms with E-state index in [9.17, 15) is 4.79 Å². The first-order valence-electron chi connectivity index (χ1n) is 9.67. The molecule has 0 aliphatic carbocycles. The summed E-state index contributed by atoms with van der Waals surface area (Å²) in [7, 11) is 0. The summed E-state index contributed by atoms with van der Waals surface area (Å²) in [5.74, 6) is -0.0826. The fourth-order valence-electron chi connectivity index (χ4n) is 3.68. The standard InChI is InChI=1S/C23H21N3O2S/c27-23-20(19-8-3-16(14-21(19)25-23)22-2-1-13-29-22)15-24-17-4-6-18(7-5-17)26-9-11-28-12-10-26/h1-8,13-15,24H,9-12H2,(H,25,27). The Morgan fingerprint density at radius 2 is 1.90 bits per heavy atom. The van der Waals surface area contributed by atoms with Crippen molar-refractivity contribution in [3.8, 4) is 10.4 Å². The Balaban J connectivity index is 1.33. The minimum atomic E-state index is -0.0826. The summed E-state index contributed by atoms with van der Waals surface area (Å²) >= 11 is 1.69. The summed E-state index contributed by atoms with van der Waals surface area (Å²) in [6, 6.07) is 18.5. The van der Waals surface area contributed by atoms with Crippen molar-refractivity contribution in [3.63, 3.8) is 0 Å². The van der Waals surface area contributed by atoms with Gasteiger partial charge in [-0.25, -0.2) is 0 Å². The summed E-state index contributed by atoms with van der Waals surface area (Å²) < 4.78 is 5.41. The number of carbonyl (C=O) groups is 1. The molecule has 0 bridgehead atoms. The molecule has 2 aliphatic rings. The number of hydrogen-bond acceptors (Lipinski definition) is 5. The number of carbonyl (C=O) groups excluding carboxylic acids is 1. The zero-order valence-electron chi connectivity index (χ0n) is 15.9. The zero-order valence-corrected chi connectivity index (χ0v) is 16.7. The number of benzene rings is 2. The predicted octanol–water partition coefficient (Wildman–Crippen LogP) is 4.66. The summed E-state index contributed by atoms with van der Waals surface area (Å²) in [6.45, 7) is 3.38. The van der Waals surface area contributed by atoms with Crippen molar-refractivity contribution in [1.29, 1.82) is 0 Å². The lowest BCUT2D eigenvalue weighted by Gasteiger charge is -2.28. The van der Waals surface area contributed by atoms with E-state index in [1.807, 2.05) is 30.3 Å². The lowest BCUT2D eigenvalue weighted by molar-refractivity contribution is -0.110. The smallest absolute Gasteiger partial charge is 0.257 e. The molecule has 3 heterocycles. The van der Waals surface area contributed by atoms with Gasteiger partial charge in [0, 0.05) is 46.8 Å². The molecule has 2 N–H and O–H groups in total. The number of amides is 1. The molecule has 146 valence electrons. The molecular formula is C23H21N3O2S. The number of hydrogen-bond donors (Lipinski definition) is 2. The van der Waals surface area contributed by atoms with Crippen molar-refractivity contribution in [2.24, 2.45) is 0 Å². The van der Waals surface area contributed by atoms with Crippen molar-refractivity contribution in [3.05, 3.63) is 71.7 Å². The van der Waals surface area contributed by atoms with Crippen LogP contribution in [-0.4, -0.2) is 32.2 Å². The van der Waals surface area contributed by atoms with Gasteiger partial charge in [0.25, 0.3) is 5.91 Å². The maximum atomic E-state index is 12.5. The third kappa shape index (κ3) is 3.64. The molecule has 0 saturated carbocycles. The quantitative estimate of drug-likeness (QED) is 0.623. The summed E-state index contributed by atoms with van der Waals surface area (Å²) in [6.07, 6.45) is 1.79. The van der Waals surface area contributed by atoms with Crippen LogP contribution in [0.5, 0.6) is 0 Å². The van der Waals surface area contributed by atoms with E-state index in [4.69, 9.17) is 4.74 Å². The largest absolute Gasteiger partial charge is 0.378 e. The third-order valence-corrected chi connectivity index (χ3v) is 6.15. The van der Waals surface area contributed by atoms with Gasteiger partial charge in [-0.05, 0) is 47.3 Å². The number of ether oxygens (including phenoxy) is 1. The molecule has 1 amide bonds. The lowest BCUT2D eigenvalue weighted by Crippen LogP contribution is -2.36. The van der Waals surface area contributed by atoms with E-state index in [0.717, 1.165) is 48.8 Å². The molecule has 2 aromatic carbocycles. The number of nitrogens with one attached hydrogen (secondary N) is 2. The SMILES string of the molecule is O=C1Nc2cc(-c3cccs3)ccc2C1=CNc1ccc(N2CCOCC2)cc1. The number of nitrogens with zero attached hydrogens (tertiary/aromatic N) is 1. The van der Waals surface area contributed by atoms with Gasteiger partial charge >= 0.3 is 0 Å². The molecular weight excluding hydrogens is 382 g/mol. The highest BCUT2D eigenvalue weighted by Crippen LogP contribution is 2.36. The van der Waals surface area contributed by atoms with Crippen molar-refractivity contribution in [1.82, 2.24) is 0 Å². The molecule has 1 aromatic heterocycles. The molecule has 0 spiro atoms. The molecule has 2 aliphatic heterocycles. The first kappa shape index (κ1) is 18.0. The maximum absolute atomic E-state index is 12.5. The normalized spacial score (nSPS) is 17.3. The van der Waals surface area contributed by atoms with Gasteiger partial charge in [-0.15, -0.1) is 11.3 Å². The highest BCUT2D eigenvalue weighted by atomic mass is 32.1. The van der Waals surface area contributed by atoms with E-state index >= 15 is 0 Å². The fourth-order valence-corrected chi connectivity index (χ4v) is 4.40. The molecule has 5 rings (SSSR count). The summed E-state index contributed by atoms with van der Waals surface area (Å²) in [4.78, 5) is 16.0. The van der Waals surface area contributed by atoms with Gasteiger partial charge in [-0.3, -0.25) is 4.79 Å². The van der Waals surface area contributed by atoms with Crippen LogP contribution in [0.3, 0.4) is 0 Å². The minimum Gasteiger partial charge on any atom is -0.378 e. The minimum absolute atomic E-state index is 0.0826. The van der Waals surface area contributed by atoms with Gasteiger partial charge in [0.05, 0.1) is 18.8 Å². The number of thiophene rings is 1. The van der Waals surface area contributed by atoms with E-state index < -0.39 is 0 Å². The van der Waals surface area contributed by atoms with Gasteiger partial charge in [-0.2, -0.15) is 0 Å². The predicted molar refractivity (Wildman–Crippen MR) is 119 cm³/mol. The van der Waals surface area contributed by atoms with Crippen molar-refractivity contribution in [2.75, 3.05) is 41.8 Å². The van der Waals surface area contributed by atoms with Crippen LogP contribution < -0.4 is 15.5 Å². The van der Waals surface area contributed by atoms with Crippen LogP contribution in [0.2, 0.25) is 0 Å². The van der Waals surface area contributed by atoms with Gasteiger partial charge in [-0.1, -0.05) is 18.2 Å². The van der Waals surface area contributed by atoms with Crippen LogP contribution in [0, 0.1) is 0 Å². The van der Waals surface area contributed by atoms with Gasteiger partial charge in [0.1, 0.15) is 0 Å². The Labute approximate surface area is 173 Å². The molecule has 0 atom stereocenters. The van der Waals surface area contributed by atoms with E-state index in [2.05, 4.69) is 45.2 Å². The van der Waals surface area contributed by atoms with Crippen LogP contribution in [-0.2, 0) is 9.53 Å². The van der Waals surface area contributed by atoms with E-state index in [1.54, 1.807) is 17.5 Å². The van der Waals surface area contributed by atoms with Crippen LogP contribution in [0.15, 0.2) is 66.2 Å². The summed E-state index contributed by atoms with van der Waals surface area (Å²) in [5.41, 5.74) is 5.69. The second-order valence-electron chi connectivity index (χ2n) is 7.04. The lowest BCUT2D eigenvalue weighted by atomic mass is 10.0. The Morgan fingerprint density at radius 3 is 2.66 bits per heavy atom. The van der Waals surface area contributed by atoms with Crippen LogP contribution in [0.25, 0.3) is 16.0 Å². The highest BCUT2D eigenvalue weighted by Gasteiger charge is 2.24. The molecule has 0 unspecified atom stereocenters. The Kier molecular flexibility index (Phi) is 4.79. The van der Waals surface area contributed by atoms with Gasteiger partial charge in [0.2, 0.25) is 0 Å². The topological polar surface area (TPSA) is 53.6 Å². The Bertz CT molecular complexity index is 1050. The Hall–Kier alpha value is -3.09. The molecule has 3 aromatic rings. The zero-order chi connectivity index (χ0) is 19.6. The van der Waals surface area contributed by atoms with Gasteiger partial charge in [0.15, 0.2) is 0 Å². The number of fused-ring (bicyclic) bond motifs is 1. The number of rotatable bonds is 4. The summed E-state index contributed by atoms with van der Waals surface area (Å²) in [5, 5.41) is 8.30. The van der Waals surface area contributed by atoms with Crippen molar-refractivity contribution < 1.29 is 9.53 Å². The monoisotopic (exact) mass is 403 g/mol. The van der Waals surface area contributed by atoms with E-state index in [0.29, 0.717) is 5.57 Å². The average molecular weight is 404 g/mol. The third-order valence-electron chi connectivity index (χ3n) is 5.23. The molecule has 0 radical (unpaired) electrons. The molecule has 29 heavy (non-hydrogen) atoms. The van der Waals surface area contributed by atoms with Gasteiger partial charge < -0.3 is 20.3 Å². The molecule has 1 fully saturated rings. The molecule has 1 saturated heterocycles. The second-order valence-corrected chi connectivity index (χ2v) is 7.99. The number of morpholine rings is 1.